The summed E-state index contributed by atoms with van der Waals surface area (Å²) in [5, 5.41) is 10.6. The molecule has 10 nitrogen and oxygen atoms in total. The summed E-state index contributed by atoms with van der Waals surface area (Å²) in [6, 6.07) is 8.36. The first kappa shape index (κ1) is 23.6. The fraction of sp³-hybridized carbons (Fsp3) is 0.300. The van der Waals surface area contributed by atoms with E-state index in [9.17, 15) is 28.1 Å². The summed E-state index contributed by atoms with van der Waals surface area (Å²) in [6.45, 7) is 0.978. The molecule has 1 saturated heterocycles. The summed E-state index contributed by atoms with van der Waals surface area (Å²) in [5.41, 5.74) is 4.62. The molecule has 2 aromatic rings. The van der Waals surface area contributed by atoms with E-state index in [0.717, 1.165) is 43.1 Å². The Labute approximate surface area is 189 Å². The fourth-order valence-electron chi connectivity index (χ4n) is 3.13. The molecule has 0 bridgehead atoms. The number of rotatable bonds is 6. The number of nitro groups is 1. The van der Waals surface area contributed by atoms with Crippen LogP contribution in [-0.2, 0) is 14.8 Å². The topological polar surface area (TPSA) is 139 Å². The lowest BCUT2D eigenvalue weighted by Crippen LogP contribution is -2.40. The Hall–Kier alpha value is -3.09. The Kier molecular flexibility index (Phi) is 7.72. The minimum Gasteiger partial charge on any atom is -0.268 e. The smallest absolute Gasteiger partial charge is 0.268 e. The SMILES string of the molecule is O=C(C=Cc1ccc([N+](=O)[O-])s1)NNC(=O)c1ccc(S(=O)(=O)N2CCCCCC2)cc1. The van der Waals surface area contributed by atoms with Crippen molar-refractivity contribution in [1.82, 2.24) is 15.2 Å². The van der Waals surface area contributed by atoms with Crippen molar-refractivity contribution in [1.29, 1.82) is 0 Å². The van der Waals surface area contributed by atoms with Gasteiger partial charge < -0.3 is 0 Å². The van der Waals surface area contributed by atoms with Gasteiger partial charge in [0.25, 0.3) is 11.8 Å². The van der Waals surface area contributed by atoms with Crippen LogP contribution < -0.4 is 10.9 Å². The van der Waals surface area contributed by atoms with Crippen LogP contribution in [0.15, 0.2) is 47.4 Å². The molecule has 0 aliphatic carbocycles. The molecule has 2 amide bonds. The Balaban J connectivity index is 1.55. The third-order valence-electron chi connectivity index (χ3n) is 4.81. The summed E-state index contributed by atoms with van der Waals surface area (Å²) < 4.78 is 27.1. The number of carbonyl (C=O) groups is 2. The van der Waals surface area contributed by atoms with E-state index in [1.807, 2.05) is 0 Å². The lowest BCUT2D eigenvalue weighted by atomic mass is 10.2. The Morgan fingerprint density at radius 3 is 2.25 bits per heavy atom. The number of nitrogens with one attached hydrogen (secondary N) is 2. The average Bonchev–Trinajstić information content (AvgIpc) is 3.09. The quantitative estimate of drug-likeness (QED) is 0.372. The van der Waals surface area contributed by atoms with Crippen LogP contribution in [0.3, 0.4) is 0 Å². The minimum absolute atomic E-state index is 0.0420. The second-order valence-electron chi connectivity index (χ2n) is 7.05. The predicted octanol–water partition coefficient (Wildman–Crippen LogP) is 2.70. The molecule has 1 fully saturated rings. The molecular weight excluding hydrogens is 456 g/mol. The van der Waals surface area contributed by atoms with Crippen LogP contribution in [0.4, 0.5) is 5.00 Å². The van der Waals surface area contributed by atoms with Gasteiger partial charge in [-0.05, 0) is 49.2 Å². The van der Waals surface area contributed by atoms with Gasteiger partial charge in [-0.2, -0.15) is 4.31 Å². The second-order valence-corrected chi connectivity index (χ2v) is 10.1. The van der Waals surface area contributed by atoms with Crippen molar-refractivity contribution in [2.45, 2.75) is 30.6 Å². The third-order valence-corrected chi connectivity index (χ3v) is 7.73. The van der Waals surface area contributed by atoms with E-state index in [4.69, 9.17) is 0 Å². The van der Waals surface area contributed by atoms with Gasteiger partial charge in [-0.1, -0.05) is 24.2 Å². The van der Waals surface area contributed by atoms with Crippen LogP contribution in [0.25, 0.3) is 6.08 Å². The normalized spacial score (nSPS) is 15.2. The number of thiophene rings is 1. The molecule has 1 aliphatic rings. The molecule has 0 unspecified atom stereocenters. The van der Waals surface area contributed by atoms with E-state index in [2.05, 4.69) is 10.9 Å². The van der Waals surface area contributed by atoms with Gasteiger partial charge in [0.1, 0.15) is 0 Å². The van der Waals surface area contributed by atoms with Gasteiger partial charge in [-0.25, -0.2) is 8.42 Å². The molecule has 0 spiro atoms. The Bertz CT molecular complexity index is 1120. The van der Waals surface area contributed by atoms with Crippen LogP contribution in [0.2, 0.25) is 0 Å². The highest BCUT2D eigenvalue weighted by Crippen LogP contribution is 2.24. The van der Waals surface area contributed by atoms with Gasteiger partial charge in [0.15, 0.2) is 0 Å². The van der Waals surface area contributed by atoms with Crippen molar-refractivity contribution in [2.75, 3.05) is 13.1 Å². The van der Waals surface area contributed by atoms with E-state index in [0.29, 0.717) is 18.0 Å². The average molecular weight is 479 g/mol. The van der Waals surface area contributed by atoms with Crippen molar-refractivity contribution in [3.8, 4) is 0 Å². The summed E-state index contributed by atoms with van der Waals surface area (Å²) in [7, 11) is -3.61. The third kappa shape index (κ3) is 5.99. The van der Waals surface area contributed by atoms with E-state index in [-0.39, 0.29) is 15.5 Å². The largest absolute Gasteiger partial charge is 0.324 e. The van der Waals surface area contributed by atoms with Gasteiger partial charge in [0.05, 0.1) is 9.82 Å². The maximum Gasteiger partial charge on any atom is 0.324 e. The van der Waals surface area contributed by atoms with Crippen LogP contribution in [0.5, 0.6) is 0 Å². The Morgan fingerprint density at radius 2 is 1.66 bits per heavy atom. The van der Waals surface area contributed by atoms with Gasteiger partial charge in [-0.3, -0.25) is 30.6 Å². The highest BCUT2D eigenvalue weighted by atomic mass is 32.2. The molecule has 0 saturated carbocycles. The van der Waals surface area contributed by atoms with Crippen molar-refractivity contribution in [2.24, 2.45) is 0 Å². The molecule has 1 aromatic heterocycles. The van der Waals surface area contributed by atoms with Crippen molar-refractivity contribution in [3.05, 3.63) is 63.0 Å². The van der Waals surface area contributed by atoms with Crippen LogP contribution >= 0.6 is 11.3 Å². The highest BCUT2D eigenvalue weighted by molar-refractivity contribution is 7.89. The molecule has 32 heavy (non-hydrogen) atoms. The Morgan fingerprint density at radius 1 is 1.00 bits per heavy atom. The zero-order valence-corrected chi connectivity index (χ0v) is 18.7. The number of hydrogen-bond donors (Lipinski definition) is 2. The summed E-state index contributed by atoms with van der Waals surface area (Å²) >= 11 is 0.913. The number of nitrogens with zero attached hydrogens (tertiary/aromatic N) is 2. The zero-order chi connectivity index (χ0) is 23.1. The lowest BCUT2D eigenvalue weighted by molar-refractivity contribution is -0.380. The lowest BCUT2D eigenvalue weighted by Gasteiger charge is -2.20. The molecule has 1 aliphatic heterocycles. The monoisotopic (exact) mass is 478 g/mol. The molecule has 12 heteroatoms. The van der Waals surface area contributed by atoms with Crippen molar-refractivity contribution >= 4 is 44.3 Å². The van der Waals surface area contributed by atoms with Crippen LogP contribution in [-0.4, -0.2) is 42.6 Å². The van der Waals surface area contributed by atoms with Crippen molar-refractivity contribution in [3.63, 3.8) is 0 Å². The molecule has 170 valence electrons. The van der Waals surface area contributed by atoms with E-state index < -0.39 is 26.8 Å². The van der Waals surface area contributed by atoms with E-state index in [1.54, 1.807) is 0 Å². The van der Waals surface area contributed by atoms with Gasteiger partial charge in [-0.15, -0.1) is 0 Å². The standard InChI is InChI=1S/C20H22N4O6S2/c25-18(11-7-16-8-12-19(31-16)24(27)28)21-22-20(26)15-5-9-17(10-6-15)32(29,30)23-13-3-1-2-4-14-23/h5-12H,1-4,13-14H2,(H,21,25)(H,22,26). The zero-order valence-electron chi connectivity index (χ0n) is 17.0. The molecule has 2 heterocycles. The molecule has 0 radical (unpaired) electrons. The highest BCUT2D eigenvalue weighted by Gasteiger charge is 2.25. The van der Waals surface area contributed by atoms with Crippen molar-refractivity contribution < 1.29 is 22.9 Å². The first-order chi connectivity index (χ1) is 15.3. The molecule has 1 aromatic carbocycles. The van der Waals surface area contributed by atoms with Crippen LogP contribution in [0.1, 0.15) is 40.9 Å². The number of benzene rings is 1. The van der Waals surface area contributed by atoms with Gasteiger partial charge >= 0.3 is 5.00 Å². The number of amides is 2. The maximum atomic E-state index is 12.8. The van der Waals surface area contributed by atoms with Gasteiger partial charge in [0, 0.05) is 35.7 Å². The van der Waals surface area contributed by atoms with Gasteiger partial charge in [0.2, 0.25) is 10.0 Å². The summed E-state index contributed by atoms with van der Waals surface area (Å²) in [5.74, 6) is -1.24. The van der Waals surface area contributed by atoms with E-state index in [1.165, 1.54) is 46.8 Å². The number of carbonyl (C=O) groups excluding carboxylic acids is 2. The first-order valence-corrected chi connectivity index (χ1v) is 12.2. The summed E-state index contributed by atoms with van der Waals surface area (Å²) in [6.07, 6.45) is 6.21. The first-order valence-electron chi connectivity index (χ1n) is 9.90. The number of hydrogen-bond acceptors (Lipinski definition) is 7. The predicted molar refractivity (Wildman–Crippen MR) is 119 cm³/mol. The maximum absolute atomic E-state index is 12.8. The molecule has 2 N–H and O–H groups in total. The number of hydrazine groups is 1. The van der Waals surface area contributed by atoms with Crippen LogP contribution in [0, 0.1) is 10.1 Å². The fourth-order valence-corrected chi connectivity index (χ4v) is 5.37. The molecule has 0 atom stereocenters. The second kappa shape index (κ2) is 10.5. The number of sulfonamides is 1. The summed E-state index contributed by atoms with van der Waals surface area (Å²) in [4.78, 5) is 34.9. The molecular formula is C20H22N4O6S2. The minimum atomic E-state index is -3.61. The molecule has 3 rings (SSSR count). The van der Waals surface area contributed by atoms with E-state index >= 15 is 0 Å².